The van der Waals surface area contributed by atoms with Crippen molar-refractivity contribution in [1.82, 2.24) is 14.6 Å². The largest absolute Gasteiger partial charge is 0.497 e. The van der Waals surface area contributed by atoms with Crippen molar-refractivity contribution >= 4 is 22.4 Å². The molecule has 2 aromatic carbocycles. The van der Waals surface area contributed by atoms with Crippen molar-refractivity contribution in [3.05, 3.63) is 74.8 Å². The van der Waals surface area contributed by atoms with Gasteiger partial charge in [0, 0.05) is 5.56 Å². The van der Waals surface area contributed by atoms with Gasteiger partial charge in [0.05, 0.1) is 11.6 Å². The summed E-state index contributed by atoms with van der Waals surface area (Å²) in [6, 6.07) is 13.3. The van der Waals surface area contributed by atoms with Gasteiger partial charge in [0.15, 0.2) is 5.82 Å². The third-order valence-corrected chi connectivity index (χ3v) is 4.66. The molecule has 0 bridgehead atoms. The second-order valence-corrected chi connectivity index (χ2v) is 6.33. The molecule has 0 aliphatic rings. The number of hydrogen-bond acceptors (Lipinski definition) is 5. The Bertz CT molecular complexity index is 1150. The topological polar surface area (TPSA) is 56.5 Å². The Balaban J connectivity index is 1.76. The van der Waals surface area contributed by atoms with Gasteiger partial charge in [0.2, 0.25) is 4.96 Å². The number of rotatable bonds is 3. The summed E-state index contributed by atoms with van der Waals surface area (Å²) in [6.45, 7) is 0. The number of benzene rings is 2. The fourth-order valence-corrected chi connectivity index (χ4v) is 3.31. The van der Waals surface area contributed by atoms with Crippen molar-refractivity contribution in [3.63, 3.8) is 0 Å². The van der Waals surface area contributed by atoms with Crippen molar-refractivity contribution in [2.75, 3.05) is 7.11 Å². The monoisotopic (exact) mass is 353 g/mol. The third-order valence-electron chi connectivity index (χ3n) is 3.70. The van der Waals surface area contributed by atoms with Crippen LogP contribution in [0.4, 0.5) is 4.39 Å². The lowest BCUT2D eigenvalue weighted by Gasteiger charge is -1.99. The van der Waals surface area contributed by atoms with E-state index in [-0.39, 0.29) is 11.4 Å². The lowest BCUT2D eigenvalue weighted by molar-refractivity contribution is 0.415. The van der Waals surface area contributed by atoms with E-state index in [4.69, 9.17) is 4.74 Å². The van der Waals surface area contributed by atoms with Gasteiger partial charge in [-0.1, -0.05) is 23.5 Å². The molecule has 0 aliphatic carbocycles. The quantitative estimate of drug-likeness (QED) is 0.568. The molecule has 0 N–H and O–H groups in total. The maximum atomic E-state index is 13.0. The fourth-order valence-electron chi connectivity index (χ4n) is 2.41. The minimum atomic E-state index is -0.314. The molecule has 0 amide bonds. The first kappa shape index (κ1) is 15.5. The van der Waals surface area contributed by atoms with E-state index < -0.39 is 0 Å². The van der Waals surface area contributed by atoms with Crippen molar-refractivity contribution in [1.29, 1.82) is 0 Å². The molecule has 4 rings (SSSR count). The standard InChI is InChI=1S/C18H12FN3O2S/c1-24-14-8-4-12(5-9-14)16-20-18-22(21-16)17(23)15(25-18)10-11-2-6-13(19)7-3-11/h2-10H,1H3/b15-10+. The van der Waals surface area contributed by atoms with Gasteiger partial charge < -0.3 is 4.74 Å². The number of aromatic nitrogens is 3. The van der Waals surface area contributed by atoms with Crippen molar-refractivity contribution in [2.24, 2.45) is 0 Å². The first-order chi connectivity index (χ1) is 12.1. The van der Waals surface area contributed by atoms with Gasteiger partial charge in [0.25, 0.3) is 5.56 Å². The van der Waals surface area contributed by atoms with E-state index in [2.05, 4.69) is 10.1 Å². The summed E-state index contributed by atoms with van der Waals surface area (Å²) in [5.74, 6) is 0.913. The average Bonchev–Trinajstić information content (AvgIpc) is 3.17. The Hall–Kier alpha value is -3.06. The summed E-state index contributed by atoms with van der Waals surface area (Å²) in [7, 11) is 1.60. The molecule has 25 heavy (non-hydrogen) atoms. The molecule has 7 heteroatoms. The molecular weight excluding hydrogens is 341 g/mol. The summed E-state index contributed by atoms with van der Waals surface area (Å²) in [5.41, 5.74) is 1.31. The molecule has 4 aromatic rings. The highest BCUT2D eigenvalue weighted by Crippen LogP contribution is 2.20. The highest BCUT2D eigenvalue weighted by Gasteiger charge is 2.12. The SMILES string of the molecule is COc1ccc(-c2nc3s/c(=C/c4ccc(F)cc4)c(=O)n3n2)cc1. The Morgan fingerprint density at radius 1 is 1.12 bits per heavy atom. The second-order valence-electron chi connectivity index (χ2n) is 5.33. The van der Waals surface area contributed by atoms with Crippen LogP contribution in [-0.2, 0) is 0 Å². The van der Waals surface area contributed by atoms with Gasteiger partial charge in [-0.2, -0.15) is 9.50 Å². The van der Waals surface area contributed by atoms with Gasteiger partial charge in [-0.15, -0.1) is 5.10 Å². The fraction of sp³-hybridized carbons (Fsp3) is 0.0556. The molecule has 0 spiro atoms. The molecule has 0 saturated heterocycles. The average molecular weight is 353 g/mol. The van der Waals surface area contributed by atoms with Crippen LogP contribution in [0.3, 0.4) is 0 Å². The zero-order valence-corrected chi connectivity index (χ0v) is 14.0. The minimum Gasteiger partial charge on any atom is -0.497 e. The zero-order valence-electron chi connectivity index (χ0n) is 13.1. The maximum absolute atomic E-state index is 13.0. The first-order valence-electron chi connectivity index (χ1n) is 7.45. The van der Waals surface area contributed by atoms with Crippen LogP contribution in [-0.4, -0.2) is 21.7 Å². The van der Waals surface area contributed by atoms with Crippen molar-refractivity contribution in [2.45, 2.75) is 0 Å². The molecule has 124 valence electrons. The Morgan fingerprint density at radius 3 is 2.48 bits per heavy atom. The molecule has 0 aliphatic heterocycles. The lowest BCUT2D eigenvalue weighted by Crippen LogP contribution is -2.23. The zero-order chi connectivity index (χ0) is 17.4. The van der Waals surface area contributed by atoms with Crippen LogP contribution < -0.4 is 14.8 Å². The number of hydrogen-bond donors (Lipinski definition) is 0. The van der Waals surface area contributed by atoms with E-state index in [0.717, 1.165) is 16.9 Å². The molecule has 0 saturated carbocycles. The number of halogens is 1. The Labute approximate surface area is 145 Å². The van der Waals surface area contributed by atoms with E-state index in [1.54, 1.807) is 25.3 Å². The van der Waals surface area contributed by atoms with Crippen LogP contribution in [0.5, 0.6) is 5.75 Å². The second kappa shape index (κ2) is 6.10. The van der Waals surface area contributed by atoms with Crippen LogP contribution in [0.25, 0.3) is 22.4 Å². The van der Waals surface area contributed by atoms with Gasteiger partial charge in [-0.3, -0.25) is 4.79 Å². The highest BCUT2D eigenvalue weighted by molar-refractivity contribution is 7.15. The molecule has 0 radical (unpaired) electrons. The normalized spacial score (nSPS) is 12.0. The number of nitrogens with zero attached hydrogens (tertiary/aromatic N) is 3. The molecule has 0 fully saturated rings. The molecule has 2 aromatic heterocycles. The van der Waals surface area contributed by atoms with E-state index in [9.17, 15) is 9.18 Å². The third kappa shape index (κ3) is 2.89. The van der Waals surface area contributed by atoms with Crippen LogP contribution in [0.2, 0.25) is 0 Å². The van der Waals surface area contributed by atoms with E-state index >= 15 is 0 Å². The van der Waals surface area contributed by atoms with E-state index in [1.807, 2.05) is 24.3 Å². The number of ether oxygens (including phenoxy) is 1. The number of fused-ring (bicyclic) bond motifs is 1. The first-order valence-corrected chi connectivity index (χ1v) is 8.27. The lowest BCUT2D eigenvalue weighted by atomic mass is 10.2. The van der Waals surface area contributed by atoms with Gasteiger partial charge in [-0.25, -0.2) is 4.39 Å². The molecule has 2 heterocycles. The van der Waals surface area contributed by atoms with Crippen molar-refractivity contribution in [3.8, 4) is 17.1 Å². The summed E-state index contributed by atoms with van der Waals surface area (Å²) in [6.07, 6.45) is 1.70. The van der Waals surface area contributed by atoms with Crippen LogP contribution >= 0.6 is 11.3 Å². The van der Waals surface area contributed by atoms with Crippen LogP contribution in [0, 0.1) is 5.82 Å². The smallest absolute Gasteiger partial charge is 0.291 e. The van der Waals surface area contributed by atoms with Gasteiger partial charge in [0.1, 0.15) is 11.6 Å². The van der Waals surface area contributed by atoms with Gasteiger partial charge >= 0.3 is 0 Å². The maximum Gasteiger partial charge on any atom is 0.291 e. The molecule has 0 atom stereocenters. The summed E-state index contributed by atoms with van der Waals surface area (Å²) >= 11 is 1.25. The van der Waals surface area contributed by atoms with E-state index in [1.165, 1.54) is 28.0 Å². The molecule has 0 unspecified atom stereocenters. The predicted octanol–water partition coefficient (Wildman–Crippen LogP) is 2.51. The minimum absolute atomic E-state index is 0.239. The summed E-state index contributed by atoms with van der Waals surface area (Å²) in [4.78, 5) is 17.4. The van der Waals surface area contributed by atoms with Crippen LogP contribution in [0.1, 0.15) is 5.56 Å². The summed E-state index contributed by atoms with van der Waals surface area (Å²) in [5, 5.41) is 4.30. The highest BCUT2D eigenvalue weighted by atomic mass is 32.1. The predicted molar refractivity (Wildman–Crippen MR) is 94.3 cm³/mol. The van der Waals surface area contributed by atoms with Crippen LogP contribution in [0.15, 0.2) is 53.3 Å². The molecule has 5 nitrogen and oxygen atoms in total. The summed E-state index contributed by atoms with van der Waals surface area (Å²) < 4.78 is 19.9. The Morgan fingerprint density at radius 2 is 1.84 bits per heavy atom. The number of thiazole rings is 1. The van der Waals surface area contributed by atoms with Crippen molar-refractivity contribution < 1.29 is 9.13 Å². The molecular formula is C18H12FN3O2S. The number of methoxy groups -OCH3 is 1. The van der Waals surface area contributed by atoms with Gasteiger partial charge in [-0.05, 0) is 48.0 Å². The Kier molecular flexibility index (Phi) is 3.77. The van der Waals surface area contributed by atoms with E-state index in [0.29, 0.717) is 15.3 Å².